The van der Waals surface area contributed by atoms with E-state index in [-0.39, 0.29) is 11.3 Å². The average Bonchev–Trinajstić information content (AvgIpc) is 2.22. The van der Waals surface area contributed by atoms with Gasteiger partial charge in [0.05, 0.1) is 13.2 Å². The predicted molar refractivity (Wildman–Crippen MR) is 69.1 cm³/mol. The highest BCUT2D eigenvalue weighted by atomic mass is 16.5. The molecule has 0 aliphatic heterocycles. The Hall–Kier alpha value is -0.800. The van der Waals surface area contributed by atoms with Crippen LogP contribution >= 0.6 is 0 Å². The lowest BCUT2D eigenvalue weighted by Gasteiger charge is -2.31. The molecule has 0 spiro atoms. The van der Waals surface area contributed by atoms with Gasteiger partial charge in [0.2, 0.25) is 0 Å². The van der Waals surface area contributed by atoms with Crippen LogP contribution in [-0.4, -0.2) is 32.5 Å². The summed E-state index contributed by atoms with van der Waals surface area (Å²) in [5.74, 6) is 0.478. The SMILES string of the molecule is COCC1=C(O)C(COC)CC(C(C)(C)C)=C1. The van der Waals surface area contributed by atoms with E-state index in [1.54, 1.807) is 14.2 Å². The third-order valence-corrected chi connectivity index (χ3v) is 3.16. The Morgan fingerprint density at radius 3 is 2.41 bits per heavy atom. The molecule has 1 aliphatic rings. The normalized spacial score (nSPS) is 21.7. The topological polar surface area (TPSA) is 38.7 Å². The Kier molecular flexibility index (Phi) is 4.78. The lowest BCUT2D eigenvalue weighted by Crippen LogP contribution is -2.23. The molecule has 0 aromatic heterocycles. The van der Waals surface area contributed by atoms with E-state index in [0.717, 1.165) is 12.0 Å². The maximum absolute atomic E-state index is 10.1. The highest BCUT2D eigenvalue weighted by Crippen LogP contribution is 2.37. The summed E-state index contributed by atoms with van der Waals surface area (Å²) in [4.78, 5) is 0. The van der Waals surface area contributed by atoms with E-state index in [1.165, 1.54) is 5.57 Å². The number of aliphatic hydroxyl groups excluding tert-OH is 1. The van der Waals surface area contributed by atoms with Crippen molar-refractivity contribution in [1.82, 2.24) is 0 Å². The van der Waals surface area contributed by atoms with Crippen molar-refractivity contribution >= 4 is 0 Å². The lowest BCUT2D eigenvalue weighted by molar-refractivity contribution is 0.135. The van der Waals surface area contributed by atoms with Crippen molar-refractivity contribution in [2.45, 2.75) is 27.2 Å². The summed E-state index contributed by atoms with van der Waals surface area (Å²) < 4.78 is 10.3. The van der Waals surface area contributed by atoms with Gasteiger partial charge < -0.3 is 14.6 Å². The second-order valence-corrected chi connectivity index (χ2v) is 5.62. The summed E-state index contributed by atoms with van der Waals surface area (Å²) in [7, 11) is 3.31. The van der Waals surface area contributed by atoms with Crippen LogP contribution in [-0.2, 0) is 9.47 Å². The van der Waals surface area contributed by atoms with E-state index < -0.39 is 0 Å². The Bertz CT molecular complexity index is 321. The van der Waals surface area contributed by atoms with Crippen LogP contribution in [0.1, 0.15) is 27.2 Å². The van der Waals surface area contributed by atoms with Gasteiger partial charge in [0.1, 0.15) is 5.76 Å². The summed E-state index contributed by atoms with van der Waals surface area (Å²) >= 11 is 0. The molecule has 0 radical (unpaired) electrons. The molecule has 17 heavy (non-hydrogen) atoms. The number of hydrogen-bond acceptors (Lipinski definition) is 3. The molecule has 3 nitrogen and oxygen atoms in total. The van der Waals surface area contributed by atoms with E-state index in [1.807, 2.05) is 0 Å². The molecule has 0 aromatic rings. The summed E-state index contributed by atoms with van der Waals surface area (Å²) in [6, 6.07) is 0. The van der Waals surface area contributed by atoms with Gasteiger partial charge in [0, 0.05) is 25.7 Å². The van der Waals surface area contributed by atoms with E-state index >= 15 is 0 Å². The van der Waals surface area contributed by atoms with Crippen LogP contribution in [0.2, 0.25) is 0 Å². The molecule has 1 unspecified atom stereocenters. The standard InChI is InChI=1S/C14H24O3/c1-14(2,3)12-6-10(8-16-4)13(15)11(7-12)9-17-5/h6,11,15H,7-9H2,1-5H3. The lowest BCUT2D eigenvalue weighted by atomic mass is 9.76. The molecule has 0 amide bonds. The highest BCUT2D eigenvalue weighted by Gasteiger charge is 2.28. The highest BCUT2D eigenvalue weighted by molar-refractivity contribution is 5.35. The van der Waals surface area contributed by atoms with Crippen LogP contribution in [0, 0.1) is 11.3 Å². The third-order valence-electron chi connectivity index (χ3n) is 3.16. The minimum atomic E-state index is 0.0596. The largest absolute Gasteiger partial charge is 0.512 e. The average molecular weight is 240 g/mol. The second-order valence-electron chi connectivity index (χ2n) is 5.62. The van der Waals surface area contributed by atoms with Gasteiger partial charge in [-0.3, -0.25) is 0 Å². The Labute approximate surface area is 104 Å². The van der Waals surface area contributed by atoms with E-state index in [0.29, 0.717) is 19.0 Å². The van der Waals surface area contributed by atoms with Crippen molar-refractivity contribution < 1.29 is 14.6 Å². The van der Waals surface area contributed by atoms with Crippen molar-refractivity contribution in [3.05, 3.63) is 23.0 Å². The van der Waals surface area contributed by atoms with Crippen LogP contribution in [0.4, 0.5) is 0 Å². The van der Waals surface area contributed by atoms with Crippen molar-refractivity contribution in [3.8, 4) is 0 Å². The minimum absolute atomic E-state index is 0.0596. The predicted octanol–water partition coefficient (Wildman–Crippen LogP) is 3.08. The first kappa shape index (κ1) is 14.3. The van der Waals surface area contributed by atoms with E-state index in [4.69, 9.17) is 9.47 Å². The molecule has 0 fully saturated rings. The molecule has 1 atom stereocenters. The molecule has 0 aromatic carbocycles. The first-order valence-corrected chi connectivity index (χ1v) is 6.01. The molecule has 98 valence electrons. The molecule has 1 rings (SSSR count). The second kappa shape index (κ2) is 5.69. The van der Waals surface area contributed by atoms with Gasteiger partial charge >= 0.3 is 0 Å². The van der Waals surface area contributed by atoms with Crippen LogP contribution in [0.25, 0.3) is 0 Å². The first-order valence-electron chi connectivity index (χ1n) is 6.01. The maximum atomic E-state index is 10.1. The molecule has 0 heterocycles. The van der Waals surface area contributed by atoms with Crippen LogP contribution in [0.5, 0.6) is 0 Å². The van der Waals surface area contributed by atoms with Crippen molar-refractivity contribution in [2.75, 3.05) is 27.4 Å². The molecular weight excluding hydrogens is 216 g/mol. The van der Waals surface area contributed by atoms with Gasteiger partial charge in [0.25, 0.3) is 0 Å². The first-order chi connectivity index (χ1) is 7.90. The van der Waals surface area contributed by atoms with Gasteiger partial charge in [-0.15, -0.1) is 0 Å². The van der Waals surface area contributed by atoms with E-state index in [2.05, 4.69) is 26.8 Å². The minimum Gasteiger partial charge on any atom is -0.512 e. The molecule has 1 N–H and O–H groups in total. The van der Waals surface area contributed by atoms with Crippen LogP contribution in [0.15, 0.2) is 23.0 Å². The Balaban J connectivity index is 3.01. The summed E-state index contributed by atoms with van der Waals surface area (Å²) in [5, 5.41) is 10.1. The number of allylic oxidation sites excluding steroid dienone is 1. The smallest absolute Gasteiger partial charge is 0.103 e. The zero-order valence-electron chi connectivity index (χ0n) is 11.5. The number of hydrogen-bond donors (Lipinski definition) is 1. The number of ether oxygens (including phenoxy) is 2. The number of methoxy groups -OCH3 is 2. The maximum Gasteiger partial charge on any atom is 0.103 e. The van der Waals surface area contributed by atoms with E-state index in [9.17, 15) is 5.11 Å². The van der Waals surface area contributed by atoms with Crippen molar-refractivity contribution in [1.29, 1.82) is 0 Å². The zero-order valence-corrected chi connectivity index (χ0v) is 11.5. The monoisotopic (exact) mass is 240 g/mol. The summed E-state index contributed by atoms with van der Waals surface area (Å²) in [5.41, 5.74) is 2.33. The van der Waals surface area contributed by atoms with Crippen LogP contribution in [0.3, 0.4) is 0 Å². The van der Waals surface area contributed by atoms with Gasteiger partial charge in [-0.25, -0.2) is 0 Å². The van der Waals surface area contributed by atoms with Gasteiger partial charge in [0.15, 0.2) is 0 Å². The van der Waals surface area contributed by atoms with Crippen molar-refractivity contribution in [2.24, 2.45) is 11.3 Å². The third kappa shape index (κ3) is 3.58. The van der Waals surface area contributed by atoms with Gasteiger partial charge in [-0.05, 0) is 11.8 Å². The summed E-state index contributed by atoms with van der Waals surface area (Å²) in [6.45, 7) is 7.57. The summed E-state index contributed by atoms with van der Waals surface area (Å²) in [6.07, 6.45) is 2.93. The molecular formula is C14H24O3. The number of aliphatic hydroxyl groups is 1. The fourth-order valence-corrected chi connectivity index (χ4v) is 2.10. The Morgan fingerprint density at radius 1 is 1.29 bits per heavy atom. The van der Waals surface area contributed by atoms with Crippen LogP contribution < -0.4 is 0 Å². The van der Waals surface area contributed by atoms with Gasteiger partial charge in [-0.2, -0.15) is 0 Å². The van der Waals surface area contributed by atoms with Gasteiger partial charge in [-0.1, -0.05) is 32.4 Å². The molecule has 1 aliphatic carbocycles. The molecule has 3 heteroatoms. The molecule has 0 bridgehead atoms. The quantitative estimate of drug-likeness (QED) is 0.820. The Morgan fingerprint density at radius 2 is 1.94 bits per heavy atom. The molecule has 0 saturated carbocycles. The fourth-order valence-electron chi connectivity index (χ4n) is 2.10. The molecule has 0 saturated heterocycles. The number of rotatable bonds is 4. The van der Waals surface area contributed by atoms with Crippen molar-refractivity contribution in [3.63, 3.8) is 0 Å². The zero-order chi connectivity index (χ0) is 13.1. The fraction of sp³-hybridized carbons (Fsp3) is 0.714.